The second-order valence-electron chi connectivity index (χ2n) is 5.68. The van der Waals surface area contributed by atoms with Gasteiger partial charge in [-0.15, -0.1) is 0 Å². The van der Waals surface area contributed by atoms with Crippen LogP contribution in [-0.4, -0.2) is 10.9 Å². The maximum absolute atomic E-state index is 11.3. The summed E-state index contributed by atoms with van der Waals surface area (Å²) in [6.07, 6.45) is 1.73. The average molecular weight is 321 g/mol. The van der Waals surface area contributed by atoms with Gasteiger partial charge in [0.25, 0.3) is 0 Å². The molecule has 1 heterocycles. The van der Waals surface area contributed by atoms with Crippen LogP contribution in [0.3, 0.4) is 0 Å². The molecule has 0 atom stereocenters. The van der Waals surface area contributed by atoms with Crippen LogP contribution in [0.25, 0.3) is 11.3 Å². The van der Waals surface area contributed by atoms with Crippen LogP contribution in [0, 0.1) is 13.8 Å². The van der Waals surface area contributed by atoms with Gasteiger partial charge >= 0.3 is 0 Å². The van der Waals surface area contributed by atoms with Crippen LogP contribution >= 0.6 is 0 Å². The number of nitrogens with zero attached hydrogens (tertiary/aromatic N) is 1. The van der Waals surface area contributed by atoms with Crippen LogP contribution in [0.2, 0.25) is 0 Å². The molecule has 2 aromatic carbocycles. The van der Waals surface area contributed by atoms with Crippen molar-refractivity contribution >= 4 is 11.6 Å². The van der Waals surface area contributed by atoms with E-state index in [4.69, 9.17) is 10.2 Å². The number of benzene rings is 2. The molecule has 0 fully saturated rings. The molecule has 1 amide bonds. The van der Waals surface area contributed by atoms with Gasteiger partial charge in [-0.1, -0.05) is 30.3 Å². The molecule has 0 spiro atoms. The molecule has 5 heteroatoms. The van der Waals surface area contributed by atoms with E-state index >= 15 is 0 Å². The number of nitrogens with two attached hydrogens (primary N) is 1. The molecule has 0 saturated carbocycles. The highest BCUT2D eigenvalue weighted by Gasteiger charge is 2.09. The van der Waals surface area contributed by atoms with Crippen LogP contribution in [0.15, 0.2) is 53.1 Å². The van der Waals surface area contributed by atoms with Gasteiger partial charge in [-0.2, -0.15) is 0 Å². The van der Waals surface area contributed by atoms with E-state index in [2.05, 4.69) is 10.3 Å². The molecule has 0 aliphatic heterocycles. The van der Waals surface area contributed by atoms with E-state index in [9.17, 15) is 4.79 Å². The summed E-state index contributed by atoms with van der Waals surface area (Å²) in [5.41, 5.74) is 9.82. The van der Waals surface area contributed by atoms with Crippen molar-refractivity contribution in [2.45, 2.75) is 20.4 Å². The minimum absolute atomic E-state index is 0.426. The van der Waals surface area contributed by atoms with Crippen molar-refractivity contribution in [1.82, 2.24) is 4.98 Å². The van der Waals surface area contributed by atoms with Crippen molar-refractivity contribution in [2.75, 3.05) is 5.32 Å². The summed E-state index contributed by atoms with van der Waals surface area (Å²) in [7, 11) is 0. The van der Waals surface area contributed by atoms with Crippen LogP contribution in [-0.2, 0) is 6.54 Å². The number of anilines is 1. The Labute approximate surface area is 140 Å². The number of primary amides is 1. The average Bonchev–Trinajstić information content (AvgIpc) is 3.03. The van der Waals surface area contributed by atoms with Gasteiger partial charge in [0.1, 0.15) is 0 Å². The lowest BCUT2D eigenvalue weighted by molar-refractivity contribution is 0.100. The fraction of sp³-hybridized carbons (Fsp3) is 0.158. The summed E-state index contributed by atoms with van der Waals surface area (Å²) in [6, 6.07) is 13.3. The van der Waals surface area contributed by atoms with E-state index in [0.717, 1.165) is 28.1 Å². The maximum Gasteiger partial charge on any atom is 0.248 e. The fourth-order valence-electron chi connectivity index (χ4n) is 2.50. The van der Waals surface area contributed by atoms with E-state index in [1.165, 1.54) is 0 Å². The standard InChI is InChI=1S/C19H19N3O2/c1-12-5-3-4-6-15(12)17-10-22-18(24-17)11-21-16-9-14(19(20)23)8-7-13(16)2/h3-10,21H,11H2,1-2H3,(H2,20,23). The Bertz CT molecular complexity index is 884. The van der Waals surface area contributed by atoms with Crippen LogP contribution in [0.5, 0.6) is 0 Å². The molecule has 0 unspecified atom stereocenters. The molecule has 0 radical (unpaired) electrons. The lowest BCUT2D eigenvalue weighted by Crippen LogP contribution is -2.11. The van der Waals surface area contributed by atoms with Gasteiger partial charge in [0, 0.05) is 16.8 Å². The Morgan fingerprint density at radius 2 is 1.96 bits per heavy atom. The molecule has 24 heavy (non-hydrogen) atoms. The fourth-order valence-corrected chi connectivity index (χ4v) is 2.50. The summed E-state index contributed by atoms with van der Waals surface area (Å²) in [4.78, 5) is 15.6. The zero-order chi connectivity index (χ0) is 17.1. The maximum atomic E-state index is 11.3. The van der Waals surface area contributed by atoms with Crippen LogP contribution < -0.4 is 11.1 Å². The van der Waals surface area contributed by atoms with E-state index < -0.39 is 5.91 Å². The molecule has 0 aliphatic carbocycles. The number of oxazole rings is 1. The van der Waals surface area contributed by atoms with E-state index in [1.54, 1.807) is 18.3 Å². The highest BCUT2D eigenvalue weighted by molar-refractivity contribution is 5.94. The zero-order valence-electron chi connectivity index (χ0n) is 13.7. The largest absolute Gasteiger partial charge is 0.439 e. The first-order valence-electron chi connectivity index (χ1n) is 7.69. The number of carbonyl (C=O) groups is 1. The first kappa shape index (κ1) is 15.8. The van der Waals surface area contributed by atoms with E-state index in [1.807, 2.05) is 44.2 Å². The number of nitrogens with one attached hydrogen (secondary N) is 1. The first-order chi connectivity index (χ1) is 11.5. The van der Waals surface area contributed by atoms with Crippen LogP contribution in [0.1, 0.15) is 27.4 Å². The molecule has 0 bridgehead atoms. The lowest BCUT2D eigenvalue weighted by Gasteiger charge is -2.09. The van der Waals surface area contributed by atoms with Gasteiger partial charge in [0.2, 0.25) is 11.8 Å². The molecular weight excluding hydrogens is 302 g/mol. The van der Waals surface area contributed by atoms with Crippen LogP contribution in [0.4, 0.5) is 5.69 Å². The first-order valence-corrected chi connectivity index (χ1v) is 7.69. The van der Waals surface area contributed by atoms with Gasteiger partial charge in [-0.25, -0.2) is 4.98 Å². The number of hydrogen-bond donors (Lipinski definition) is 2. The predicted octanol–water partition coefficient (Wildman–Crippen LogP) is 3.67. The highest BCUT2D eigenvalue weighted by Crippen LogP contribution is 2.24. The van der Waals surface area contributed by atoms with E-state index in [0.29, 0.717) is 18.0 Å². The predicted molar refractivity (Wildman–Crippen MR) is 93.7 cm³/mol. The summed E-state index contributed by atoms with van der Waals surface area (Å²) >= 11 is 0. The van der Waals surface area contributed by atoms with E-state index in [-0.39, 0.29) is 0 Å². The number of rotatable bonds is 5. The number of carbonyl (C=O) groups excluding carboxylic acids is 1. The highest BCUT2D eigenvalue weighted by atomic mass is 16.4. The summed E-state index contributed by atoms with van der Waals surface area (Å²) in [6.45, 7) is 4.42. The molecule has 3 N–H and O–H groups in total. The Morgan fingerprint density at radius 1 is 1.17 bits per heavy atom. The summed E-state index contributed by atoms with van der Waals surface area (Å²) in [5.74, 6) is 0.876. The normalized spacial score (nSPS) is 10.6. The second kappa shape index (κ2) is 6.58. The Kier molecular flexibility index (Phi) is 4.33. The monoisotopic (exact) mass is 321 g/mol. The van der Waals surface area contributed by atoms with Gasteiger partial charge in [-0.05, 0) is 37.1 Å². The van der Waals surface area contributed by atoms with Crippen molar-refractivity contribution in [2.24, 2.45) is 5.73 Å². The Morgan fingerprint density at radius 3 is 2.71 bits per heavy atom. The topological polar surface area (TPSA) is 81.2 Å². The molecule has 3 aromatic rings. The second-order valence-corrected chi connectivity index (χ2v) is 5.68. The van der Waals surface area contributed by atoms with Crippen molar-refractivity contribution in [3.63, 3.8) is 0 Å². The molecular formula is C19H19N3O2. The zero-order valence-corrected chi connectivity index (χ0v) is 13.7. The minimum atomic E-state index is -0.448. The number of aryl methyl sites for hydroxylation is 2. The van der Waals surface area contributed by atoms with Gasteiger partial charge in [0.15, 0.2) is 5.76 Å². The lowest BCUT2D eigenvalue weighted by atomic mass is 10.1. The summed E-state index contributed by atoms with van der Waals surface area (Å²) < 4.78 is 5.82. The third-order valence-corrected chi connectivity index (χ3v) is 3.92. The van der Waals surface area contributed by atoms with Gasteiger partial charge in [0.05, 0.1) is 12.7 Å². The molecule has 0 saturated heterocycles. The molecule has 3 rings (SSSR count). The number of aromatic nitrogens is 1. The van der Waals surface area contributed by atoms with Gasteiger partial charge < -0.3 is 15.5 Å². The third-order valence-electron chi connectivity index (χ3n) is 3.92. The Balaban J connectivity index is 1.76. The smallest absolute Gasteiger partial charge is 0.248 e. The van der Waals surface area contributed by atoms with Crippen molar-refractivity contribution in [1.29, 1.82) is 0 Å². The van der Waals surface area contributed by atoms with Crippen molar-refractivity contribution in [3.8, 4) is 11.3 Å². The quantitative estimate of drug-likeness (QED) is 0.751. The SMILES string of the molecule is Cc1ccc(C(N)=O)cc1NCc1ncc(-c2ccccc2C)o1. The number of hydrogen-bond acceptors (Lipinski definition) is 4. The molecule has 122 valence electrons. The minimum Gasteiger partial charge on any atom is -0.439 e. The molecule has 5 nitrogen and oxygen atoms in total. The third kappa shape index (κ3) is 3.30. The molecule has 1 aromatic heterocycles. The molecule has 0 aliphatic rings. The van der Waals surface area contributed by atoms with Crippen molar-refractivity contribution in [3.05, 3.63) is 71.2 Å². The van der Waals surface area contributed by atoms with Gasteiger partial charge in [-0.3, -0.25) is 4.79 Å². The summed E-state index contributed by atoms with van der Waals surface area (Å²) in [5, 5.41) is 3.24. The van der Waals surface area contributed by atoms with Crippen molar-refractivity contribution < 1.29 is 9.21 Å². The Hall–Kier alpha value is -3.08. The number of amides is 1.